The van der Waals surface area contributed by atoms with Crippen molar-refractivity contribution in [3.05, 3.63) is 12.2 Å². The molecule has 0 N–H and O–H groups in total. The number of Topliss-reactive ketones (excluding diaryl/α,β-unsaturated/α-hetero) is 1. The van der Waals surface area contributed by atoms with Crippen molar-refractivity contribution in [1.82, 2.24) is 0 Å². The van der Waals surface area contributed by atoms with Crippen LogP contribution in [-0.4, -0.2) is 25.4 Å². The van der Waals surface area contributed by atoms with Gasteiger partial charge in [-0.15, -0.1) is 0 Å². The second-order valence-electron chi connectivity index (χ2n) is 11.8. The standard InChI is InChI=1S/C34H66O5S.Na/c1-2-3-4-5-6-7-8-9-10-13-16-19-22-25-28-31-34(35)32-29-26-23-20-17-14-11-12-15-18-21-24-27-30-33-39-40(36,37)38;/h9-10H,2-8,11-33H2,1H3,(H,36,37,38);/q;+1/p-1/b10-9-;. The summed E-state index contributed by atoms with van der Waals surface area (Å²) in [5.41, 5.74) is 0. The molecular formula is C34H65NaO5S. The predicted octanol–water partition coefficient (Wildman–Crippen LogP) is 7.93. The van der Waals surface area contributed by atoms with Gasteiger partial charge in [-0.25, -0.2) is 8.42 Å². The zero-order chi connectivity index (χ0) is 29.4. The van der Waals surface area contributed by atoms with E-state index in [1.165, 1.54) is 141 Å². The third-order valence-corrected chi connectivity index (χ3v) is 8.25. The third kappa shape index (κ3) is 40.3. The fourth-order valence-corrected chi connectivity index (χ4v) is 5.55. The van der Waals surface area contributed by atoms with E-state index in [1.807, 2.05) is 0 Å². The van der Waals surface area contributed by atoms with Gasteiger partial charge in [0.2, 0.25) is 10.4 Å². The zero-order valence-corrected chi connectivity index (χ0v) is 30.1. The zero-order valence-electron chi connectivity index (χ0n) is 27.3. The van der Waals surface area contributed by atoms with E-state index in [9.17, 15) is 17.8 Å². The van der Waals surface area contributed by atoms with Crippen LogP contribution in [0.2, 0.25) is 0 Å². The van der Waals surface area contributed by atoms with Crippen LogP contribution < -0.4 is 29.6 Å². The van der Waals surface area contributed by atoms with Crippen molar-refractivity contribution in [1.29, 1.82) is 0 Å². The summed E-state index contributed by atoms with van der Waals surface area (Å²) < 4.78 is 35.2. The monoisotopic (exact) mass is 608 g/mol. The summed E-state index contributed by atoms with van der Waals surface area (Å²) in [6, 6.07) is 0. The van der Waals surface area contributed by atoms with Crippen LogP contribution in [-0.2, 0) is 19.4 Å². The Kier molecular flexibility index (Phi) is 36.8. The van der Waals surface area contributed by atoms with E-state index >= 15 is 0 Å². The predicted molar refractivity (Wildman–Crippen MR) is 169 cm³/mol. The Morgan fingerprint density at radius 2 is 0.854 bits per heavy atom. The van der Waals surface area contributed by atoms with Crippen molar-refractivity contribution < 1.29 is 51.5 Å². The van der Waals surface area contributed by atoms with Gasteiger partial charge in [0, 0.05) is 12.8 Å². The molecule has 0 spiro atoms. The Bertz CT molecular complexity index is 666. The van der Waals surface area contributed by atoms with E-state index in [0.29, 0.717) is 12.2 Å². The van der Waals surface area contributed by atoms with Crippen molar-refractivity contribution >= 4 is 16.2 Å². The Morgan fingerprint density at radius 1 is 0.537 bits per heavy atom. The van der Waals surface area contributed by atoms with Gasteiger partial charge in [0.15, 0.2) is 0 Å². The summed E-state index contributed by atoms with van der Waals surface area (Å²) >= 11 is 0. The molecule has 0 aromatic carbocycles. The number of ketones is 1. The van der Waals surface area contributed by atoms with Crippen molar-refractivity contribution in [3.63, 3.8) is 0 Å². The van der Waals surface area contributed by atoms with Gasteiger partial charge in [-0.3, -0.25) is 8.98 Å². The minimum atomic E-state index is -4.52. The largest absolute Gasteiger partial charge is 1.00 e. The van der Waals surface area contributed by atoms with Crippen LogP contribution in [0.4, 0.5) is 0 Å². The summed E-state index contributed by atoms with van der Waals surface area (Å²) in [5.74, 6) is 0.473. The minimum absolute atomic E-state index is 0. The van der Waals surface area contributed by atoms with Crippen LogP contribution in [0, 0.1) is 0 Å². The molecule has 0 saturated heterocycles. The van der Waals surface area contributed by atoms with Gasteiger partial charge in [-0.05, 0) is 44.9 Å². The van der Waals surface area contributed by atoms with Gasteiger partial charge < -0.3 is 4.55 Å². The van der Waals surface area contributed by atoms with Gasteiger partial charge in [0.1, 0.15) is 5.78 Å². The van der Waals surface area contributed by atoms with Gasteiger partial charge >= 0.3 is 29.6 Å². The summed E-state index contributed by atoms with van der Waals surface area (Å²) in [6.45, 7) is 2.29. The van der Waals surface area contributed by atoms with E-state index in [2.05, 4.69) is 23.3 Å². The molecule has 7 heteroatoms. The maximum Gasteiger partial charge on any atom is 1.00 e. The molecule has 0 fully saturated rings. The number of unbranched alkanes of at least 4 members (excludes halogenated alkanes) is 24. The van der Waals surface area contributed by atoms with Crippen LogP contribution in [0.1, 0.15) is 193 Å². The minimum Gasteiger partial charge on any atom is -0.726 e. The number of hydrogen-bond acceptors (Lipinski definition) is 5. The molecule has 0 aliphatic carbocycles. The van der Waals surface area contributed by atoms with Crippen molar-refractivity contribution in [3.8, 4) is 0 Å². The van der Waals surface area contributed by atoms with Crippen LogP contribution >= 0.6 is 0 Å². The molecule has 238 valence electrons. The van der Waals surface area contributed by atoms with E-state index in [1.54, 1.807) is 0 Å². The quantitative estimate of drug-likeness (QED) is 0.0248. The molecule has 0 amide bonds. The molecule has 0 radical (unpaired) electrons. The summed E-state index contributed by atoms with van der Waals surface area (Å²) in [6.07, 6.45) is 39.6. The molecule has 0 atom stereocenters. The fraction of sp³-hybridized carbons (Fsp3) is 0.912. The second kappa shape index (κ2) is 34.8. The fourth-order valence-electron chi connectivity index (χ4n) is 5.22. The molecule has 5 nitrogen and oxygen atoms in total. The van der Waals surface area contributed by atoms with Gasteiger partial charge in [0.05, 0.1) is 6.61 Å². The molecule has 0 aromatic heterocycles. The third-order valence-electron chi connectivity index (χ3n) is 7.80. The van der Waals surface area contributed by atoms with Crippen molar-refractivity contribution in [2.45, 2.75) is 193 Å². The molecule has 0 aliphatic heterocycles. The summed E-state index contributed by atoms with van der Waals surface area (Å²) in [4.78, 5) is 12.1. The second-order valence-corrected chi connectivity index (χ2v) is 12.9. The Balaban J connectivity index is 0. The van der Waals surface area contributed by atoms with E-state index in [0.717, 1.165) is 38.5 Å². The summed E-state index contributed by atoms with van der Waals surface area (Å²) in [7, 11) is -4.52. The molecule has 0 saturated carbocycles. The summed E-state index contributed by atoms with van der Waals surface area (Å²) in [5, 5.41) is 0. The van der Waals surface area contributed by atoms with Gasteiger partial charge in [-0.2, -0.15) is 0 Å². The normalized spacial score (nSPS) is 11.8. The Morgan fingerprint density at radius 3 is 1.22 bits per heavy atom. The van der Waals surface area contributed by atoms with E-state index < -0.39 is 10.4 Å². The van der Waals surface area contributed by atoms with Gasteiger partial charge in [0.25, 0.3) is 0 Å². The number of allylic oxidation sites excluding steroid dienone is 2. The first-order valence-corrected chi connectivity index (χ1v) is 18.6. The molecule has 0 aliphatic rings. The average molecular weight is 609 g/mol. The molecule has 0 bridgehead atoms. The van der Waals surface area contributed by atoms with E-state index in [4.69, 9.17) is 0 Å². The smallest absolute Gasteiger partial charge is 0.726 e. The van der Waals surface area contributed by atoms with Crippen LogP contribution in [0.3, 0.4) is 0 Å². The molecule has 0 aromatic rings. The number of carbonyl (C=O) groups is 1. The maximum atomic E-state index is 12.1. The van der Waals surface area contributed by atoms with Crippen LogP contribution in [0.5, 0.6) is 0 Å². The number of hydrogen-bond donors (Lipinski definition) is 0. The average Bonchev–Trinajstić information content (AvgIpc) is 2.92. The first-order chi connectivity index (χ1) is 19.5. The molecule has 41 heavy (non-hydrogen) atoms. The Hall–Kier alpha value is 0.280. The van der Waals surface area contributed by atoms with Crippen LogP contribution in [0.15, 0.2) is 12.2 Å². The molecular weight excluding hydrogens is 543 g/mol. The number of rotatable bonds is 33. The van der Waals surface area contributed by atoms with Crippen molar-refractivity contribution in [2.24, 2.45) is 0 Å². The van der Waals surface area contributed by atoms with Gasteiger partial charge in [-0.1, -0.05) is 147 Å². The molecule has 0 heterocycles. The Labute approximate surface area is 278 Å². The molecule has 0 rings (SSSR count). The number of carbonyl (C=O) groups excluding carboxylic acids is 1. The topological polar surface area (TPSA) is 83.5 Å². The SMILES string of the molecule is CCCCCCCC/C=C\CCCCCCCC(=O)CCCCCCCCCCCCCCCCOS(=O)(=O)[O-].[Na+]. The van der Waals surface area contributed by atoms with E-state index in [-0.39, 0.29) is 36.2 Å². The van der Waals surface area contributed by atoms with Crippen LogP contribution in [0.25, 0.3) is 0 Å². The first kappa shape index (κ1) is 43.4. The first-order valence-electron chi connectivity index (χ1n) is 17.2. The molecule has 0 unspecified atom stereocenters. The van der Waals surface area contributed by atoms with Crippen molar-refractivity contribution in [2.75, 3.05) is 6.61 Å². The maximum absolute atomic E-state index is 12.1.